The predicted molar refractivity (Wildman–Crippen MR) is 87.9 cm³/mol. The monoisotopic (exact) mass is 324 g/mol. The molecule has 0 atom stereocenters. The Labute approximate surface area is 133 Å². The zero-order valence-corrected chi connectivity index (χ0v) is 13.9. The number of hydrogen-bond acceptors (Lipinski definition) is 4. The third-order valence-electron chi connectivity index (χ3n) is 3.98. The van der Waals surface area contributed by atoms with E-state index in [1.54, 1.807) is 0 Å². The average Bonchev–Trinajstić information content (AvgIpc) is 2.53. The van der Waals surface area contributed by atoms with Gasteiger partial charge in [-0.3, -0.25) is 9.36 Å². The summed E-state index contributed by atoms with van der Waals surface area (Å²) in [6.07, 6.45) is 1.29. The Kier molecular flexibility index (Phi) is 5.24. The lowest BCUT2D eigenvalue weighted by Crippen LogP contribution is -2.30. The number of benzene rings is 1. The zero-order valence-electron chi connectivity index (χ0n) is 13.1. The molecule has 0 amide bonds. The minimum absolute atomic E-state index is 0.244. The fraction of sp³-hybridized carbons (Fsp3) is 0.500. The lowest BCUT2D eigenvalue weighted by Gasteiger charge is -2.24. The fourth-order valence-electron chi connectivity index (χ4n) is 2.21. The Balaban J connectivity index is 2.45. The van der Waals surface area contributed by atoms with Gasteiger partial charge in [-0.2, -0.15) is 0 Å². The molecule has 1 aromatic carbocycles. The maximum Gasteiger partial charge on any atom is 0.262 e. The number of hydrogen-bond donors (Lipinski definition) is 1. The first-order chi connectivity index (χ1) is 10.4. The van der Waals surface area contributed by atoms with E-state index in [9.17, 15) is 14.3 Å². The van der Waals surface area contributed by atoms with E-state index in [1.165, 1.54) is 34.5 Å². The van der Waals surface area contributed by atoms with Crippen molar-refractivity contribution in [1.82, 2.24) is 9.55 Å². The van der Waals surface area contributed by atoms with Gasteiger partial charge in [0.2, 0.25) is 0 Å². The number of fused-ring (bicyclic) bond motifs is 1. The van der Waals surface area contributed by atoms with Crippen LogP contribution in [0.1, 0.15) is 33.6 Å². The molecule has 6 heteroatoms. The molecule has 4 nitrogen and oxygen atoms in total. The van der Waals surface area contributed by atoms with Crippen LogP contribution in [0.4, 0.5) is 4.39 Å². The minimum atomic E-state index is -0.765. The standard InChI is InChI=1S/C16H21FN2O2S/c1-4-16(21,5-2)10-22-15-18-13-8-7-11(17)9-12(13)14(20)19(15)6-3/h7-9,21H,4-6,10H2,1-3H3. The average molecular weight is 324 g/mol. The predicted octanol–water partition coefficient (Wildman–Crippen LogP) is 3.20. The molecule has 0 radical (unpaired) electrons. The van der Waals surface area contributed by atoms with Gasteiger partial charge in [0.05, 0.1) is 16.5 Å². The van der Waals surface area contributed by atoms with E-state index in [1.807, 2.05) is 20.8 Å². The highest BCUT2D eigenvalue weighted by atomic mass is 32.2. The Morgan fingerprint density at radius 2 is 2.00 bits per heavy atom. The molecule has 0 aliphatic carbocycles. The van der Waals surface area contributed by atoms with Gasteiger partial charge in [0, 0.05) is 12.3 Å². The highest BCUT2D eigenvalue weighted by Crippen LogP contribution is 2.26. The number of rotatable bonds is 6. The molecule has 1 N–H and O–H groups in total. The Morgan fingerprint density at radius 1 is 1.32 bits per heavy atom. The molecule has 22 heavy (non-hydrogen) atoms. The number of nitrogens with zero attached hydrogens (tertiary/aromatic N) is 2. The summed E-state index contributed by atoms with van der Waals surface area (Å²) in [7, 11) is 0. The van der Waals surface area contributed by atoms with E-state index < -0.39 is 11.4 Å². The molecule has 0 spiro atoms. The fourth-order valence-corrected chi connectivity index (χ4v) is 3.55. The van der Waals surface area contributed by atoms with Crippen LogP contribution >= 0.6 is 11.8 Å². The second-order valence-corrected chi connectivity index (χ2v) is 6.27. The van der Waals surface area contributed by atoms with Crippen molar-refractivity contribution >= 4 is 22.7 Å². The van der Waals surface area contributed by atoms with Crippen molar-refractivity contribution in [2.45, 2.75) is 50.9 Å². The minimum Gasteiger partial charge on any atom is -0.389 e. The maximum absolute atomic E-state index is 13.3. The van der Waals surface area contributed by atoms with Crippen LogP contribution in [0, 0.1) is 5.82 Å². The summed E-state index contributed by atoms with van der Waals surface area (Å²) in [5.41, 5.74) is -0.528. The number of aromatic nitrogens is 2. The maximum atomic E-state index is 13.3. The summed E-state index contributed by atoms with van der Waals surface area (Å²) in [6, 6.07) is 4.04. The first-order valence-corrected chi connectivity index (χ1v) is 8.48. The van der Waals surface area contributed by atoms with E-state index in [2.05, 4.69) is 4.98 Å². The summed E-state index contributed by atoms with van der Waals surface area (Å²) >= 11 is 1.37. The van der Waals surface area contributed by atoms with Crippen LogP contribution in [0.2, 0.25) is 0 Å². The van der Waals surface area contributed by atoms with Crippen LogP contribution < -0.4 is 5.56 Å². The summed E-state index contributed by atoms with van der Waals surface area (Å²) in [6.45, 7) is 6.18. The Hall–Kier alpha value is -1.40. The van der Waals surface area contributed by atoms with E-state index >= 15 is 0 Å². The first kappa shape index (κ1) is 17.0. The molecule has 1 heterocycles. The molecular formula is C16H21FN2O2S. The molecule has 0 aliphatic rings. The van der Waals surface area contributed by atoms with Gasteiger partial charge in [0.25, 0.3) is 5.56 Å². The van der Waals surface area contributed by atoms with Crippen molar-refractivity contribution in [3.8, 4) is 0 Å². The lowest BCUT2D eigenvalue weighted by atomic mass is 10.0. The molecule has 0 bridgehead atoms. The number of halogens is 1. The van der Waals surface area contributed by atoms with Gasteiger partial charge in [-0.15, -0.1) is 0 Å². The van der Waals surface area contributed by atoms with E-state index in [-0.39, 0.29) is 10.9 Å². The van der Waals surface area contributed by atoms with Crippen LogP contribution in [0.15, 0.2) is 28.2 Å². The van der Waals surface area contributed by atoms with Crippen molar-refractivity contribution in [1.29, 1.82) is 0 Å². The molecule has 120 valence electrons. The van der Waals surface area contributed by atoms with Gasteiger partial charge in [-0.25, -0.2) is 9.37 Å². The second kappa shape index (κ2) is 6.79. The van der Waals surface area contributed by atoms with E-state index in [0.717, 1.165) is 0 Å². The number of aliphatic hydroxyl groups is 1. The van der Waals surface area contributed by atoms with Crippen LogP contribution in [-0.2, 0) is 6.54 Å². The molecule has 2 rings (SSSR count). The second-order valence-electron chi connectivity index (χ2n) is 5.33. The molecule has 0 aliphatic heterocycles. The molecule has 0 saturated carbocycles. The van der Waals surface area contributed by atoms with E-state index in [4.69, 9.17) is 0 Å². The van der Waals surface area contributed by atoms with Gasteiger partial charge in [0.15, 0.2) is 5.16 Å². The first-order valence-electron chi connectivity index (χ1n) is 7.49. The molecule has 0 fully saturated rings. The smallest absolute Gasteiger partial charge is 0.262 e. The van der Waals surface area contributed by atoms with Crippen molar-refractivity contribution in [2.75, 3.05) is 5.75 Å². The SMILES string of the molecule is CCn1c(SCC(O)(CC)CC)nc2ccc(F)cc2c1=O. The summed E-state index contributed by atoms with van der Waals surface area (Å²) in [4.78, 5) is 16.9. The van der Waals surface area contributed by atoms with Gasteiger partial charge in [-0.05, 0) is 38.0 Å². The summed E-state index contributed by atoms with van der Waals surface area (Å²) < 4.78 is 14.9. The lowest BCUT2D eigenvalue weighted by molar-refractivity contribution is 0.0571. The van der Waals surface area contributed by atoms with Crippen molar-refractivity contribution in [3.63, 3.8) is 0 Å². The topological polar surface area (TPSA) is 55.1 Å². The van der Waals surface area contributed by atoms with Gasteiger partial charge in [0.1, 0.15) is 5.82 Å². The molecule has 2 aromatic rings. The summed E-state index contributed by atoms with van der Waals surface area (Å²) in [5.74, 6) is 0.0277. The number of thioether (sulfide) groups is 1. The molecular weight excluding hydrogens is 303 g/mol. The van der Waals surface area contributed by atoms with Crippen LogP contribution in [0.5, 0.6) is 0 Å². The van der Waals surface area contributed by atoms with Crippen LogP contribution in [-0.4, -0.2) is 26.0 Å². The highest BCUT2D eigenvalue weighted by Gasteiger charge is 2.23. The van der Waals surface area contributed by atoms with Crippen LogP contribution in [0.25, 0.3) is 10.9 Å². The molecule has 0 saturated heterocycles. The molecule has 1 aromatic heterocycles. The van der Waals surface area contributed by atoms with Gasteiger partial charge >= 0.3 is 0 Å². The third-order valence-corrected chi connectivity index (χ3v) is 5.24. The van der Waals surface area contributed by atoms with Crippen molar-refractivity contribution in [2.24, 2.45) is 0 Å². The van der Waals surface area contributed by atoms with Gasteiger partial charge < -0.3 is 5.11 Å². The van der Waals surface area contributed by atoms with Crippen molar-refractivity contribution < 1.29 is 9.50 Å². The van der Waals surface area contributed by atoms with Crippen molar-refractivity contribution in [3.05, 3.63) is 34.4 Å². The Bertz CT molecular complexity index is 726. The normalized spacial score (nSPS) is 12.0. The molecule has 0 unspecified atom stereocenters. The van der Waals surface area contributed by atoms with Crippen LogP contribution in [0.3, 0.4) is 0 Å². The largest absolute Gasteiger partial charge is 0.389 e. The van der Waals surface area contributed by atoms with Gasteiger partial charge in [-0.1, -0.05) is 25.6 Å². The quantitative estimate of drug-likeness (QED) is 0.655. The zero-order chi connectivity index (χ0) is 16.3. The third kappa shape index (κ3) is 3.33. The highest BCUT2D eigenvalue weighted by molar-refractivity contribution is 7.99. The summed E-state index contributed by atoms with van der Waals surface area (Å²) in [5, 5.41) is 11.2. The van der Waals surface area contributed by atoms with E-state index in [0.29, 0.717) is 35.8 Å². The Morgan fingerprint density at radius 3 is 2.59 bits per heavy atom.